The highest BCUT2D eigenvalue weighted by atomic mass is 19.4. The van der Waals surface area contributed by atoms with Crippen LogP contribution in [0.15, 0.2) is 0 Å². The molecule has 2 atom stereocenters. The van der Waals surface area contributed by atoms with Gasteiger partial charge in [0.05, 0.1) is 6.42 Å². The Morgan fingerprint density at radius 3 is 2.25 bits per heavy atom. The molecule has 2 aliphatic rings. The summed E-state index contributed by atoms with van der Waals surface area (Å²) in [6, 6.07) is 0. The van der Waals surface area contributed by atoms with Crippen molar-refractivity contribution in [1.29, 1.82) is 0 Å². The number of rotatable bonds is 2. The summed E-state index contributed by atoms with van der Waals surface area (Å²) in [5.41, 5.74) is 0. The van der Waals surface area contributed by atoms with Crippen molar-refractivity contribution in [2.24, 2.45) is 11.8 Å². The van der Waals surface area contributed by atoms with Crippen molar-refractivity contribution in [2.45, 2.75) is 38.3 Å². The van der Waals surface area contributed by atoms with E-state index in [2.05, 4.69) is 0 Å². The highest BCUT2D eigenvalue weighted by Gasteiger charge is 2.38. The average molecular weight is 235 g/mol. The highest BCUT2D eigenvalue weighted by molar-refractivity contribution is 5.76. The molecule has 1 aliphatic heterocycles. The third-order valence-electron chi connectivity index (χ3n) is 3.70. The topological polar surface area (TPSA) is 20.3 Å². The Labute approximate surface area is 92.8 Å². The minimum atomic E-state index is -4.22. The molecule has 2 fully saturated rings. The van der Waals surface area contributed by atoms with Gasteiger partial charge in [-0.2, -0.15) is 13.2 Å². The zero-order valence-corrected chi connectivity index (χ0v) is 9.09. The Kier molecular flexibility index (Phi) is 3.13. The second-order valence-electron chi connectivity index (χ2n) is 4.86. The number of carbonyl (C=O) groups excluding carboxylic acids is 1. The molecule has 1 saturated carbocycles. The lowest BCUT2D eigenvalue weighted by atomic mass is 10.0. The van der Waals surface area contributed by atoms with Gasteiger partial charge >= 0.3 is 6.18 Å². The van der Waals surface area contributed by atoms with Crippen LogP contribution in [0.25, 0.3) is 0 Å². The predicted octanol–water partition coefficient (Wildman–Crippen LogP) is 2.59. The van der Waals surface area contributed by atoms with E-state index in [1.807, 2.05) is 0 Å². The Balaban J connectivity index is 1.79. The summed E-state index contributed by atoms with van der Waals surface area (Å²) in [5.74, 6) is 0.774. The fourth-order valence-corrected chi connectivity index (χ4v) is 2.85. The number of nitrogens with zero attached hydrogens (tertiary/aromatic N) is 1. The largest absolute Gasteiger partial charge is 0.389 e. The normalized spacial score (nSPS) is 29.6. The van der Waals surface area contributed by atoms with Gasteiger partial charge in [0.25, 0.3) is 0 Å². The average Bonchev–Trinajstić information content (AvgIpc) is 2.71. The van der Waals surface area contributed by atoms with Gasteiger partial charge in [0.1, 0.15) is 0 Å². The molecule has 2 unspecified atom stereocenters. The van der Waals surface area contributed by atoms with Crippen LogP contribution in [0.4, 0.5) is 13.2 Å². The number of hydrogen-bond donors (Lipinski definition) is 0. The van der Waals surface area contributed by atoms with Gasteiger partial charge in [-0.15, -0.1) is 0 Å². The summed E-state index contributed by atoms with van der Waals surface area (Å²) >= 11 is 0. The number of likely N-dealkylation sites (tertiary alicyclic amines) is 1. The van der Waals surface area contributed by atoms with Crippen molar-refractivity contribution in [3.63, 3.8) is 0 Å². The van der Waals surface area contributed by atoms with E-state index in [1.165, 1.54) is 6.42 Å². The number of carbonyl (C=O) groups is 1. The van der Waals surface area contributed by atoms with E-state index in [9.17, 15) is 18.0 Å². The Morgan fingerprint density at radius 1 is 1.19 bits per heavy atom. The molecule has 0 spiro atoms. The summed E-state index contributed by atoms with van der Waals surface area (Å²) in [6.07, 6.45) is -2.12. The third kappa shape index (κ3) is 2.68. The molecule has 0 aromatic carbocycles. The molecule has 2 rings (SSSR count). The molecule has 0 radical (unpaired) electrons. The van der Waals surface area contributed by atoms with Crippen molar-refractivity contribution in [3.8, 4) is 0 Å². The van der Waals surface area contributed by atoms with Gasteiger partial charge in [0.15, 0.2) is 0 Å². The van der Waals surface area contributed by atoms with E-state index < -0.39 is 12.6 Å². The maximum atomic E-state index is 12.0. The van der Waals surface area contributed by atoms with Crippen molar-refractivity contribution < 1.29 is 18.0 Å². The summed E-state index contributed by atoms with van der Waals surface area (Å²) in [7, 11) is 0. The first-order valence-corrected chi connectivity index (χ1v) is 5.80. The lowest BCUT2D eigenvalue weighted by molar-refractivity contribution is -0.148. The fraction of sp³-hybridized carbons (Fsp3) is 0.909. The highest BCUT2D eigenvalue weighted by Crippen LogP contribution is 2.38. The molecule has 0 aromatic heterocycles. The number of halogens is 3. The van der Waals surface area contributed by atoms with E-state index in [0.717, 1.165) is 12.8 Å². The summed E-state index contributed by atoms with van der Waals surface area (Å²) in [4.78, 5) is 13.2. The monoisotopic (exact) mass is 235 g/mol. The van der Waals surface area contributed by atoms with Gasteiger partial charge in [-0.3, -0.25) is 4.79 Å². The minimum absolute atomic E-state index is 0.327. The van der Waals surface area contributed by atoms with E-state index in [4.69, 9.17) is 0 Å². The van der Waals surface area contributed by atoms with Gasteiger partial charge in [0, 0.05) is 19.5 Å². The second-order valence-corrected chi connectivity index (χ2v) is 4.86. The molecular formula is C11H16F3NO. The first kappa shape index (κ1) is 11.7. The quantitative estimate of drug-likeness (QED) is 0.720. The van der Waals surface area contributed by atoms with Crippen LogP contribution < -0.4 is 0 Å². The maximum absolute atomic E-state index is 12.0. The molecule has 2 nitrogen and oxygen atoms in total. The molecule has 1 saturated heterocycles. The number of hydrogen-bond acceptors (Lipinski definition) is 1. The van der Waals surface area contributed by atoms with E-state index in [-0.39, 0.29) is 12.3 Å². The molecule has 0 bridgehead atoms. The van der Waals surface area contributed by atoms with Crippen LogP contribution in [0.1, 0.15) is 32.1 Å². The first-order valence-electron chi connectivity index (χ1n) is 5.80. The van der Waals surface area contributed by atoms with E-state index >= 15 is 0 Å². The van der Waals surface area contributed by atoms with Gasteiger partial charge in [0.2, 0.25) is 5.91 Å². The molecule has 5 heteroatoms. The molecule has 0 aromatic rings. The molecule has 1 amide bonds. The SMILES string of the molecule is O=C(CCC(F)(F)F)N1CC2CCCC2C1. The van der Waals surface area contributed by atoms with Crippen molar-refractivity contribution >= 4 is 5.91 Å². The lowest BCUT2D eigenvalue weighted by Crippen LogP contribution is -2.30. The molecule has 16 heavy (non-hydrogen) atoms. The standard InChI is InChI=1S/C11H16F3NO/c12-11(13,14)5-4-10(16)15-6-8-2-1-3-9(8)7-15/h8-9H,1-7H2. The van der Waals surface area contributed by atoms with Crippen LogP contribution in [0.3, 0.4) is 0 Å². The van der Waals surface area contributed by atoms with Gasteiger partial charge in [-0.05, 0) is 24.7 Å². The lowest BCUT2D eigenvalue weighted by Gasteiger charge is -2.17. The fourth-order valence-electron chi connectivity index (χ4n) is 2.85. The molecule has 1 heterocycles. The molecule has 1 aliphatic carbocycles. The van der Waals surface area contributed by atoms with Crippen molar-refractivity contribution in [1.82, 2.24) is 4.90 Å². The predicted molar refractivity (Wildman–Crippen MR) is 52.7 cm³/mol. The summed E-state index contributed by atoms with van der Waals surface area (Å²) in [5, 5.41) is 0. The third-order valence-corrected chi connectivity index (χ3v) is 3.70. The van der Waals surface area contributed by atoms with Crippen molar-refractivity contribution in [2.75, 3.05) is 13.1 Å². The van der Waals surface area contributed by atoms with E-state index in [0.29, 0.717) is 24.9 Å². The van der Waals surface area contributed by atoms with Crippen LogP contribution in [0.2, 0.25) is 0 Å². The van der Waals surface area contributed by atoms with Crippen LogP contribution >= 0.6 is 0 Å². The first-order chi connectivity index (χ1) is 7.46. The van der Waals surface area contributed by atoms with Crippen LogP contribution in [-0.4, -0.2) is 30.1 Å². The molecule has 0 N–H and O–H groups in total. The smallest absolute Gasteiger partial charge is 0.342 e. The Hall–Kier alpha value is -0.740. The molecular weight excluding hydrogens is 219 g/mol. The summed E-state index contributed by atoms with van der Waals surface area (Å²) in [6.45, 7) is 1.36. The number of amides is 1. The second kappa shape index (κ2) is 4.26. The number of fused-ring (bicyclic) bond motifs is 1. The van der Waals surface area contributed by atoms with E-state index in [1.54, 1.807) is 4.90 Å². The van der Waals surface area contributed by atoms with Crippen LogP contribution in [-0.2, 0) is 4.79 Å². The van der Waals surface area contributed by atoms with Crippen molar-refractivity contribution in [3.05, 3.63) is 0 Å². The van der Waals surface area contributed by atoms with Crippen LogP contribution in [0.5, 0.6) is 0 Å². The maximum Gasteiger partial charge on any atom is 0.389 e. The Bertz CT molecular complexity index is 265. The zero-order chi connectivity index (χ0) is 11.8. The molecule has 92 valence electrons. The van der Waals surface area contributed by atoms with Gasteiger partial charge in [-0.25, -0.2) is 0 Å². The number of alkyl halides is 3. The Morgan fingerprint density at radius 2 is 1.75 bits per heavy atom. The van der Waals surface area contributed by atoms with Gasteiger partial charge < -0.3 is 4.90 Å². The zero-order valence-electron chi connectivity index (χ0n) is 9.09. The minimum Gasteiger partial charge on any atom is -0.342 e. The van der Waals surface area contributed by atoms with Crippen LogP contribution in [0, 0.1) is 11.8 Å². The summed E-state index contributed by atoms with van der Waals surface area (Å²) < 4.78 is 35.9. The van der Waals surface area contributed by atoms with Gasteiger partial charge in [-0.1, -0.05) is 6.42 Å².